The molecule has 0 aliphatic heterocycles. The molecule has 2 amide bonds. The first-order chi connectivity index (χ1) is 19.7. The molecule has 0 saturated heterocycles. The summed E-state index contributed by atoms with van der Waals surface area (Å²) in [5, 5.41) is 2.60. The zero-order chi connectivity index (χ0) is 29.4. The van der Waals surface area contributed by atoms with Gasteiger partial charge in [-0.3, -0.25) is 13.9 Å². The normalized spacial score (nSPS) is 11.9. The van der Waals surface area contributed by atoms with Crippen molar-refractivity contribution < 1.29 is 26.8 Å². The highest BCUT2D eigenvalue weighted by Gasteiger charge is 2.34. The van der Waals surface area contributed by atoms with Gasteiger partial charge < -0.3 is 10.2 Å². The van der Waals surface area contributed by atoms with E-state index in [4.69, 9.17) is 0 Å². The summed E-state index contributed by atoms with van der Waals surface area (Å²) >= 11 is 0. The Balaban J connectivity index is 1.76. The third-order valence-corrected chi connectivity index (χ3v) is 8.30. The van der Waals surface area contributed by atoms with E-state index in [0.29, 0.717) is 5.56 Å². The van der Waals surface area contributed by atoms with E-state index in [1.165, 1.54) is 36.2 Å². The highest BCUT2D eigenvalue weighted by Crippen LogP contribution is 2.25. The zero-order valence-corrected chi connectivity index (χ0v) is 23.1. The summed E-state index contributed by atoms with van der Waals surface area (Å²) in [5.41, 5.74) is 1.55. The smallest absolute Gasteiger partial charge is 0.264 e. The van der Waals surface area contributed by atoms with Crippen LogP contribution in [0, 0.1) is 11.6 Å². The van der Waals surface area contributed by atoms with Crippen LogP contribution >= 0.6 is 0 Å². The second kappa shape index (κ2) is 13.2. The lowest BCUT2D eigenvalue weighted by Gasteiger charge is -2.33. The van der Waals surface area contributed by atoms with Gasteiger partial charge in [0.25, 0.3) is 10.0 Å². The minimum Gasteiger partial charge on any atom is -0.357 e. The van der Waals surface area contributed by atoms with Crippen LogP contribution < -0.4 is 9.62 Å². The Morgan fingerprint density at radius 3 is 1.85 bits per heavy atom. The number of carbonyl (C=O) groups excluding carboxylic acids is 2. The van der Waals surface area contributed by atoms with Crippen LogP contribution in [0.4, 0.5) is 14.5 Å². The number of hydrogen-bond acceptors (Lipinski definition) is 4. The van der Waals surface area contributed by atoms with Gasteiger partial charge in [-0.2, -0.15) is 0 Å². The lowest BCUT2D eigenvalue weighted by atomic mass is 10.0. The molecule has 0 aliphatic rings. The molecule has 0 spiro atoms. The molecule has 4 aromatic carbocycles. The lowest BCUT2D eigenvalue weighted by Crippen LogP contribution is -2.53. The number of sulfonamides is 1. The maximum atomic E-state index is 14.1. The topological polar surface area (TPSA) is 86.8 Å². The highest BCUT2D eigenvalue weighted by molar-refractivity contribution is 7.92. The van der Waals surface area contributed by atoms with E-state index in [1.807, 2.05) is 30.3 Å². The Kier molecular flexibility index (Phi) is 9.46. The first-order valence-electron chi connectivity index (χ1n) is 12.8. The van der Waals surface area contributed by atoms with Crippen molar-refractivity contribution >= 4 is 27.5 Å². The Morgan fingerprint density at radius 2 is 1.29 bits per heavy atom. The number of benzene rings is 4. The number of nitrogens with one attached hydrogen (secondary N) is 1. The van der Waals surface area contributed by atoms with Crippen molar-refractivity contribution in [1.82, 2.24) is 10.2 Å². The van der Waals surface area contributed by atoms with Gasteiger partial charge in [-0.1, -0.05) is 60.7 Å². The average molecular weight is 578 g/mol. The molecule has 212 valence electrons. The molecule has 0 aliphatic carbocycles. The molecule has 0 saturated carbocycles. The number of para-hydroxylation sites is 1. The van der Waals surface area contributed by atoms with Crippen LogP contribution in [0.5, 0.6) is 0 Å². The van der Waals surface area contributed by atoms with Gasteiger partial charge in [0, 0.05) is 20.0 Å². The molecule has 0 radical (unpaired) electrons. The fourth-order valence-corrected chi connectivity index (χ4v) is 5.78. The fraction of sp³-hybridized carbons (Fsp3) is 0.161. The molecular weight excluding hydrogens is 548 g/mol. The lowest BCUT2D eigenvalue weighted by molar-refractivity contribution is -0.139. The van der Waals surface area contributed by atoms with Crippen LogP contribution in [0.3, 0.4) is 0 Å². The van der Waals surface area contributed by atoms with Gasteiger partial charge in [0.05, 0.1) is 10.6 Å². The van der Waals surface area contributed by atoms with Crippen LogP contribution in [0.15, 0.2) is 114 Å². The summed E-state index contributed by atoms with van der Waals surface area (Å²) in [5.74, 6) is -2.17. The number of halogens is 2. The minimum absolute atomic E-state index is 0.0801. The first kappa shape index (κ1) is 29.4. The molecule has 1 N–H and O–H groups in total. The van der Waals surface area contributed by atoms with Crippen molar-refractivity contribution in [2.45, 2.75) is 23.9 Å². The van der Waals surface area contributed by atoms with E-state index in [9.17, 15) is 26.8 Å². The molecule has 0 aromatic heterocycles. The van der Waals surface area contributed by atoms with Gasteiger partial charge in [0.15, 0.2) is 0 Å². The monoisotopic (exact) mass is 577 g/mol. The van der Waals surface area contributed by atoms with Crippen molar-refractivity contribution in [2.24, 2.45) is 0 Å². The Labute approximate surface area is 238 Å². The summed E-state index contributed by atoms with van der Waals surface area (Å²) in [6.07, 6.45) is 0.156. The Morgan fingerprint density at radius 1 is 0.756 bits per heavy atom. The van der Waals surface area contributed by atoms with Crippen molar-refractivity contribution in [3.8, 4) is 0 Å². The molecule has 10 heteroatoms. The number of hydrogen-bond donors (Lipinski definition) is 1. The van der Waals surface area contributed by atoms with Gasteiger partial charge in [-0.05, 0) is 59.7 Å². The van der Waals surface area contributed by atoms with Crippen LogP contribution in [0.2, 0.25) is 0 Å². The average Bonchev–Trinajstić information content (AvgIpc) is 2.99. The second-order valence-electron chi connectivity index (χ2n) is 9.27. The van der Waals surface area contributed by atoms with Crippen LogP contribution in [0.1, 0.15) is 11.1 Å². The molecule has 4 aromatic rings. The number of carbonyl (C=O) groups is 2. The van der Waals surface area contributed by atoms with E-state index < -0.39 is 46.1 Å². The van der Waals surface area contributed by atoms with E-state index in [0.717, 1.165) is 34.1 Å². The number of anilines is 1. The van der Waals surface area contributed by atoms with Crippen molar-refractivity contribution in [3.05, 3.63) is 132 Å². The van der Waals surface area contributed by atoms with E-state index in [2.05, 4.69) is 5.32 Å². The summed E-state index contributed by atoms with van der Waals surface area (Å²) in [4.78, 5) is 28.4. The van der Waals surface area contributed by atoms with Gasteiger partial charge in [-0.25, -0.2) is 17.2 Å². The predicted octanol–water partition coefficient (Wildman–Crippen LogP) is 4.55. The summed E-state index contributed by atoms with van der Waals surface area (Å²) in [6.45, 7) is -0.726. The van der Waals surface area contributed by atoms with Gasteiger partial charge in [0.2, 0.25) is 11.8 Å². The molecule has 1 unspecified atom stereocenters. The highest BCUT2D eigenvalue weighted by atomic mass is 32.2. The second-order valence-corrected chi connectivity index (χ2v) is 11.1. The largest absolute Gasteiger partial charge is 0.357 e. The molecule has 0 heterocycles. The number of likely N-dealkylation sites (N-methyl/N-ethyl adjacent to an activating group) is 1. The summed E-state index contributed by atoms with van der Waals surface area (Å²) in [7, 11) is -2.86. The molecule has 0 bridgehead atoms. The third-order valence-electron chi connectivity index (χ3n) is 6.51. The Hall–Kier alpha value is -4.57. The maximum Gasteiger partial charge on any atom is 0.264 e. The molecule has 7 nitrogen and oxygen atoms in total. The van der Waals surface area contributed by atoms with Crippen LogP contribution in [0.25, 0.3) is 0 Å². The summed E-state index contributed by atoms with van der Waals surface area (Å²) < 4.78 is 55.7. The number of amides is 2. The third kappa shape index (κ3) is 7.34. The molecular formula is C31H29F2N3O4S. The summed E-state index contributed by atoms with van der Waals surface area (Å²) in [6, 6.07) is 26.0. The molecule has 4 rings (SSSR count). The number of rotatable bonds is 11. The molecule has 41 heavy (non-hydrogen) atoms. The van der Waals surface area contributed by atoms with Crippen molar-refractivity contribution in [3.63, 3.8) is 0 Å². The fourth-order valence-electron chi connectivity index (χ4n) is 4.36. The zero-order valence-electron chi connectivity index (χ0n) is 22.3. The maximum absolute atomic E-state index is 14.1. The van der Waals surface area contributed by atoms with Gasteiger partial charge in [0.1, 0.15) is 24.2 Å². The van der Waals surface area contributed by atoms with Crippen molar-refractivity contribution in [2.75, 3.05) is 17.9 Å². The van der Waals surface area contributed by atoms with E-state index >= 15 is 0 Å². The number of nitrogens with zero attached hydrogens (tertiary/aromatic N) is 2. The minimum atomic E-state index is -4.32. The quantitative estimate of drug-likeness (QED) is 0.284. The SMILES string of the molecule is CNC(=O)C(Cc1ccccc1)N(Cc1ccc(F)cc1)C(=O)CN(c1ccccc1)S(=O)(=O)c1ccc(F)cc1. The van der Waals surface area contributed by atoms with Crippen LogP contribution in [-0.2, 0) is 32.6 Å². The molecule has 0 fully saturated rings. The van der Waals surface area contributed by atoms with Crippen LogP contribution in [-0.4, -0.2) is 44.8 Å². The molecule has 1 atom stereocenters. The van der Waals surface area contributed by atoms with Gasteiger partial charge in [-0.15, -0.1) is 0 Å². The standard InChI is InChI=1S/C31H29F2N3O4S/c1-34-31(38)29(20-23-8-4-2-5-9-23)35(21-24-12-14-25(32)15-13-24)30(37)22-36(27-10-6-3-7-11-27)41(39,40)28-18-16-26(33)17-19-28/h2-19,29H,20-22H2,1H3,(H,34,38). The van der Waals surface area contributed by atoms with Gasteiger partial charge >= 0.3 is 0 Å². The first-order valence-corrected chi connectivity index (χ1v) is 14.3. The van der Waals surface area contributed by atoms with E-state index in [-0.39, 0.29) is 23.5 Å². The predicted molar refractivity (Wildman–Crippen MR) is 152 cm³/mol. The van der Waals surface area contributed by atoms with Crippen molar-refractivity contribution in [1.29, 1.82) is 0 Å². The Bertz CT molecular complexity index is 1570. The van der Waals surface area contributed by atoms with E-state index in [1.54, 1.807) is 30.3 Å².